The summed E-state index contributed by atoms with van der Waals surface area (Å²) in [6, 6.07) is 14.7. The minimum atomic E-state index is -1.70. The maximum atomic E-state index is 12.5. The number of carbonyl (C=O) groups excluding carboxylic acids is 2. The Kier molecular flexibility index (Phi) is 9.24. The Morgan fingerprint density at radius 3 is 1.33 bits per heavy atom. The molecule has 36 heavy (non-hydrogen) atoms. The molecule has 0 bridgehead atoms. The van der Waals surface area contributed by atoms with Crippen LogP contribution in [0.4, 0.5) is 0 Å². The van der Waals surface area contributed by atoms with E-state index in [0.717, 1.165) is 12.8 Å². The first-order valence-corrected chi connectivity index (χ1v) is 18.5. The second kappa shape index (κ2) is 12.0. The van der Waals surface area contributed by atoms with Gasteiger partial charge in [-0.2, -0.15) is 9.78 Å². The van der Waals surface area contributed by atoms with E-state index >= 15 is 0 Å². The number of carbonyl (C=O) groups is 2. The van der Waals surface area contributed by atoms with Crippen LogP contribution in [0.2, 0.25) is 26.2 Å². The standard InChI is InChI=1S/C28H36O6Si2/c1-7-35(3,4)23-17-13-21(14-18-23)27(29)33-31-25-11-9-10-12-26(25)32-34-28(30)22-15-19-24(20-16-22)36(5,6)8-2/h7-8,13-20,25-26H,1-2,9-12H2,3-6H3. The molecule has 1 aliphatic carbocycles. The van der Waals surface area contributed by atoms with Crippen LogP contribution in [0.25, 0.3) is 0 Å². The second-order valence-corrected chi connectivity index (χ2v) is 19.2. The molecule has 0 heterocycles. The average molecular weight is 525 g/mol. The SMILES string of the molecule is C=C[Si](C)(C)c1ccc(C(=O)OOC2CCCCC2OOC(=O)c2ccc([Si](C)(C)C=C)cc2)cc1. The van der Waals surface area contributed by atoms with E-state index in [-0.39, 0.29) is 0 Å². The van der Waals surface area contributed by atoms with Gasteiger partial charge in [0.2, 0.25) is 0 Å². The fourth-order valence-electron chi connectivity index (χ4n) is 3.90. The lowest BCUT2D eigenvalue weighted by atomic mass is 9.95. The molecule has 0 aromatic heterocycles. The topological polar surface area (TPSA) is 71.1 Å². The van der Waals surface area contributed by atoms with Crippen molar-refractivity contribution in [3.63, 3.8) is 0 Å². The van der Waals surface area contributed by atoms with Crippen molar-refractivity contribution in [2.45, 2.75) is 64.1 Å². The van der Waals surface area contributed by atoms with E-state index in [1.165, 1.54) is 10.4 Å². The van der Waals surface area contributed by atoms with Crippen LogP contribution in [0.1, 0.15) is 46.4 Å². The van der Waals surface area contributed by atoms with Crippen molar-refractivity contribution in [1.29, 1.82) is 0 Å². The van der Waals surface area contributed by atoms with Crippen molar-refractivity contribution >= 4 is 38.5 Å². The minimum absolute atomic E-state index is 0.401. The van der Waals surface area contributed by atoms with Gasteiger partial charge in [0, 0.05) is 0 Å². The van der Waals surface area contributed by atoms with E-state index in [1.54, 1.807) is 24.3 Å². The first-order chi connectivity index (χ1) is 17.1. The lowest BCUT2D eigenvalue weighted by molar-refractivity contribution is -0.352. The van der Waals surface area contributed by atoms with Crippen LogP contribution in [0.5, 0.6) is 0 Å². The van der Waals surface area contributed by atoms with Gasteiger partial charge < -0.3 is 0 Å². The highest BCUT2D eigenvalue weighted by atomic mass is 28.3. The van der Waals surface area contributed by atoms with Crippen LogP contribution in [-0.2, 0) is 19.6 Å². The van der Waals surface area contributed by atoms with Crippen molar-refractivity contribution < 1.29 is 29.1 Å². The predicted octanol–water partition coefficient (Wildman–Crippen LogP) is 5.16. The third kappa shape index (κ3) is 6.91. The summed E-state index contributed by atoms with van der Waals surface area (Å²) in [6.45, 7) is 16.6. The first-order valence-electron chi connectivity index (χ1n) is 12.3. The lowest BCUT2D eigenvalue weighted by Crippen LogP contribution is -2.39. The van der Waals surface area contributed by atoms with Gasteiger partial charge in [0.25, 0.3) is 0 Å². The summed E-state index contributed by atoms with van der Waals surface area (Å²) in [6.07, 6.45) is 2.01. The Bertz CT molecular complexity index is 989. The minimum Gasteiger partial charge on any atom is -0.292 e. The van der Waals surface area contributed by atoms with Gasteiger partial charge in [0.1, 0.15) is 28.4 Å². The van der Waals surface area contributed by atoms with Crippen LogP contribution in [-0.4, -0.2) is 40.3 Å². The van der Waals surface area contributed by atoms with Crippen LogP contribution >= 0.6 is 0 Å². The molecule has 8 heteroatoms. The number of rotatable bonds is 10. The Labute approximate surface area is 215 Å². The van der Waals surface area contributed by atoms with Gasteiger partial charge >= 0.3 is 11.9 Å². The molecule has 1 aliphatic rings. The van der Waals surface area contributed by atoms with Gasteiger partial charge in [-0.1, -0.05) is 85.1 Å². The van der Waals surface area contributed by atoms with Gasteiger partial charge in [-0.3, -0.25) is 9.78 Å². The molecule has 3 rings (SSSR count). The summed E-state index contributed by atoms with van der Waals surface area (Å²) in [4.78, 5) is 46.2. The predicted molar refractivity (Wildman–Crippen MR) is 147 cm³/mol. The molecule has 1 fully saturated rings. The Morgan fingerprint density at radius 1 is 0.694 bits per heavy atom. The molecule has 2 aromatic carbocycles. The summed E-state index contributed by atoms with van der Waals surface area (Å²) >= 11 is 0. The quantitative estimate of drug-likeness (QED) is 0.243. The highest BCUT2D eigenvalue weighted by Crippen LogP contribution is 2.25. The molecule has 1 saturated carbocycles. The molecular weight excluding hydrogens is 488 g/mol. The zero-order valence-electron chi connectivity index (χ0n) is 21.6. The van der Waals surface area contributed by atoms with Gasteiger partial charge in [-0.05, 0) is 37.1 Å². The van der Waals surface area contributed by atoms with Gasteiger partial charge in [-0.15, -0.1) is 13.2 Å². The van der Waals surface area contributed by atoms with Crippen LogP contribution in [0.3, 0.4) is 0 Å². The maximum Gasteiger partial charge on any atom is 0.373 e. The fourth-order valence-corrected chi connectivity index (χ4v) is 6.42. The zero-order valence-corrected chi connectivity index (χ0v) is 23.6. The van der Waals surface area contributed by atoms with E-state index in [4.69, 9.17) is 19.6 Å². The third-order valence-electron chi connectivity index (χ3n) is 6.89. The van der Waals surface area contributed by atoms with E-state index < -0.39 is 40.3 Å². The molecule has 0 saturated heterocycles. The normalized spacial score (nSPS) is 18.2. The van der Waals surface area contributed by atoms with Crippen molar-refractivity contribution in [2.24, 2.45) is 0 Å². The molecule has 2 unspecified atom stereocenters. The molecule has 192 valence electrons. The fraction of sp³-hybridized carbons (Fsp3) is 0.357. The maximum absolute atomic E-state index is 12.5. The highest BCUT2D eigenvalue weighted by molar-refractivity contribution is 6.94. The highest BCUT2D eigenvalue weighted by Gasteiger charge is 2.31. The van der Waals surface area contributed by atoms with Crippen molar-refractivity contribution in [1.82, 2.24) is 0 Å². The molecule has 0 radical (unpaired) electrons. The molecule has 0 N–H and O–H groups in total. The lowest BCUT2D eigenvalue weighted by Gasteiger charge is -2.28. The zero-order chi connectivity index (χ0) is 26.3. The summed E-state index contributed by atoms with van der Waals surface area (Å²) < 4.78 is 0. The molecular formula is C28H36O6Si2. The number of hydrogen-bond acceptors (Lipinski definition) is 6. The first kappa shape index (κ1) is 27.8. The monoisotopic (exact) mass is 524 g/mol. The van der Waals surface area contributed by atoms with Crippen LogP contribution in [0.15, 0.2) is 73.1 Å². The summed E-state index contributed by atoms with van der Waals surface area (Å²) in [7, 11) is -3.40. The summed E-state index contributed by atoms with van der Waals surface area (Å²) in [5.41, 5.74) is 4.80. The van der Waals surface area contributed by atoms with E-state index in [9.17, 15) is 9.59 Å². The molecule has 2 aromatic rings. The number of hydrogen-bond donors (Lipinski definition) is 0. The number of benzene rings is 2. The molecule has 0 amide bonds. The van der Waals surface area contributed by atoms with E-state index in [1.807, 2.05) is 35.7 Å². The second-order valence-electron chi connectivity index (χ2n) is 10.3. The molecule has 2 atom stereocenters. The van der Waals surface area contributed by atoms with Crippen molar-refractivity contribution in [3.05, 3.63) is 84.2 Å². The van der Waals surface area contributed by atoms with Gasteiger partial charge in [0.15, 0.2) is 0 Å². The smallest absolute Gasteiger partial charge is 0.292 e. The summed E-state index contributed by atoms with van der Waals surface area (Å²) in [5, 5.41) is 2.36. The third-order valence-corrected chi connectivity index (χ3v) is 12.6. The molecule has 0 spiro atoms. The largest absolute Gasteiger partial charge is 0.373 e. The Balaban J connectivity index is 1.54. The van der Waals surface area contributed by atoms with Crippen molar-refractivity contribution in [3.8, 4) is 0 Å². The average Bonchev–Trinajstić information content (AvgIpc) is 2.90. The van der Waals surface area contributed by atoms with Crippen molar-refractivity contribution in [2.75, 3.05) is 0 Å². The Hall–Kier alpha value is -2.79. The van der Waals surface area contributed by atoms with Crippen LogP contribution < -0.4 is 10.4 Å². The molecule has 6 nitrogen and oxygen atoms in total. The summed E-state index contributed by atoms with van der Waals surface area (Å²) in [5.74, 6) is -1.15. The van der Waals surface area contributed by atoms with Crippen LogP contribution in [0, 0.1) is 0 Å². The van der Waals surface area contributed by atoms with Gasteiger partial charge in [-0.25, -0.2) is 9.59 Å². The molecule has 0 aliphatic heterocycles. The van der Waals surface area contributed by atoms with Gasteiger partial charge in [0.05, 0.1) is 11.1 Å². The Morgan fingerprint density at radius 2 is 1.03 bits per heavy atom. The van der Waals surface area contributed by atoms with E-state index in [0.29, 0.717) is 24.0 Å². The van der Waals surface area contributed by atoms with E-state index in [2.05, 4.69) is 39.3 Å².